The van der Waals surface area contributed by atoms with Crippen molar-refractivity contribution in [2.45, 2.75) is 33.2 Å². The van der Waals surface area contributed by atoms with Crippen LogP contribution >= 0.6 is 0 Å². The first kappa shape index (κ1) is 17.9. The van der Waals surface area contributed by atoms with Crippen LogP contribution in [0.3, 0.4) is 0 Å². The minimum Gasteiger partial charge on any atom is -0.334 e. The average Bonchev–Trinajstić information content (AvgIpc) is 2.66. The number of hydrogen-bond donors (Lipinski definition) is 1. The number of aryl methyl sites for hydroxylation is 1. The fourth-order valence-electron chi connectivity index (χ4n) is 3.06. The molecule has 3 aromatic rings. The zero-order valence-corrected chi connectivity index (χ0v) is 15.3. The van der Waals surface area contributed by atoms with Gasteiger partial charge in [0.15, 0.2) is 0 Å². The number of amides is 1. The van der Waals surface area contributed by atoms with Gasteiger partial charge in [0, 0.05) is 23.2 Å². The molecule has 0 aliphatic carbocycles. The Bertz CT molecular complexity index is 961. The van der Waals surface area contributed by atoms with Gasteiger partial charge in [-0.15, -0.1) is 0 Å². The molecule has 134 valence electrons. The van der Waals surface area contributed by atoms with Gasteiger partial charge in [0.25, 0.3) is 11.5 Å². The summed E-state index contributed by atoms with van der Waals surface area (Å²) in [6.07, 6.45) is 1.90. The number of benzene rings is 2. The Morgan fingerprint density at radius 2 is 1.85 bits per heavy atom. The van der Waals surface area contributed by atoms with Crippen molar-refractivity contribution >= 4 is 16.8 Å². The van der Waals surface area contributed by atoms with Gasteiger partial charge in [0.1, 0.15) is 0 Å². The molecule has 0 spiro atoms. The summed E-state index contributed by atoms with van der Waals surface area (Å²) in [5, 5.41) is 0.988. The predicted octanol–water partition coefficient (Wildman–Crippen LogP) is 4.28. The van der Waals surface area contributed by atoms with Gasteiger partial charge in [0.2, 0.25) is 0 Å². The quantitative estimate of drug-likeness (QED) is 0.723. The number of nitrogens with one attached hydrogen (secondary N) is 1. The summed E-state index contributed by atoms with van der Waals surface area (Å²) < 4.78 is 0. The van der Waals surface area contributed by atoms with Crippen molar-refractivity contribution in [1.29, 1.82) is 0 Å². The van der Waals surface area contributed by atoms with E-state index in [0.717, 1.165) is 29.3 Å². The Balaban J connectivity index is 1.93. The molecule has 0 saturated carbocycles. The number of rotatable bonds is 6. The number of pyridine rings is 1. The van der Waals surface area contributed by atoms with E-state index in [-0.39, 0.29) is 11.5 Å². The van der Waals surface area contributed by atoms with Crippen LogP contribution in [0.4, 0.5) is 0 Å². The molecule has 0 fully saturated rings. The van der Waals surface area contributed by atoms with Crippen molar-refractivity contribution in [2.24, 2.45) is 0 Å². The highest BCUT2D eigenvalue weighted by Crippen LogP contribution is 2.15. The highest BCUT2D eigenvalue weighted by Gasteiger charge is 2.17. The Hall–Kier alpha value is -2.88. The van der Waals surface area contributed by atoms with Gasteiger partial charge in [-0.05, 0) is 49.1 Å². The smallest absolute Gasteiger partial charge is 0.254 e. The van der Waals surface area contributed by atoms with Crippen LogP contribution < -0.4 is 5.56 Å². The van der Waals surface area contributed by atoms with E-state index >= 15 is 0 Å². The second-order valence-electron chi connectivity index (χ2n) is 6.66. The number of aromatic amines is 1. The van der Waals surface area contributed by atoms with E-state index in [1.54, 1.807) is 4.90 Å². The molecule has 0 saturated heterocycles. The van der Waals surface area contributed by atoms with Crippen molar-refractivity contribution in [2.75, 3.05) is 6.54 Å². The number of H-pyrrole nitrogens is 1. The van der Waals surface area contributed by atoms with Crippen molar-refractivity contribution < 1.29 is 4.79 Å². The Kier molecular flexibility index (Phi) is 5.52. The molecule has 0 unspecified atom stereocenters. The second-order valence-corrected chi connectivity index (χ2v) is 6.66. The molecule has 0 aliphatic heterocycles. The number of nitrogens with zero attached hydrogens (tertiary/aromatic N) is 1. The molecule has 1 aromatic heterocycles. The van der Waals surface area contributed by atoms with E-state index in [1.165, 1.54) is 0 Å². The zero-order chi connectivity index (χ0) is 18.5. The molecule has 26 heavy (non-hydrogen) atoms. The van der Waals surface area contributed by atoms with Crippen LogP contribution in [0, 0.1) is 6.92 Å². The third-order valence-corrected chi connectivity index (χ3v) is 4.53. The Labute approximate surface area is 153 Å². The summed E-state index contributed by atoms with van der Waals surface area (Å²) in [5.41, 5.74) is 3.08. The summed E-state index contributed by atoms with van der Waals surface area (Å²) in [4.78, 5) is 30.1. The summed E-state index contributed by atoms with van der Waals surface area (Å²) >= 11 is 0. The van der Waals surface area contributed by atoms with Crippen LogP contribution in [0.25, 0.3) is 10.9 Å². The van der Waals surface area contributed by atoms with E-state index < -0.39 is 0 Å². The summed E-state index contributed by atoms with van der Waals surface area (Å²) in [6.45, 7) is 5.07. The molecule has 2 aromatic carbocycles. The lowest BCUT2D eigenvalue weighted by molar-refractivity contribution is 0.0740. The van der Waals surface area contributed by atoms with Crippen LogP contribution in [-0.4, -0.2) is 22.3 Å². The molecule has 0 atom stereocenters. The summed E-state index contributed by atoms with van der Waals surface area (Å²) in [7, 11) is 0. The van der Waals surface area contributed by atoms with Crippen molar-refractivity contribution in [1.82, 2.24) is 9.88 Å². The lowest BCUT2D eigenvalue weighted by Crippen LogP contribution is -2.33. The number of carbonyl (C=O) groups is 1. The molecular weight excluding hydrogens is 324 g/mol. The van der Waals surface area contributed by atoms with Crippen molar-refractivity contribution in [3.8, 4) is 0 Å². The maximum atomic E-state index is 12.9. The van der Waals surface area contributed by atoms with Gasteiger partial charge in [-0.2, -0.15) is 0 Å². The molecule has 1 N–H and O–H groups in total. The third kappa shape index (κ3) is 4.02. The highest BCUT2D eigenvalue weighted by atomic mass is 16.2. The first-order valence-electron chi connectivity index (χ1n) is 9.05. The SMILES string of the molecule is CCCCN(Cc1cc2cc(C)ccc2[nH]c1=O)C(=O)c1ccccc1. The largest absolute Gasteiger partial charge is 0.334 e. The summed E-state index contributed by atoms with van der Waals surface area (Å²) in [5.74, 6) is -0.0391. The third-order valence-electron chi connectivity index (χ3n) is 4.53. The number of unbranched alkanes of at least 4 members (excludes halogenated alkanes) is 1. The molecular formula is C22H24N2O2. The molecule has 0 radical (unpaired) electrons. The van der Waals surface area contributed by atoms with Gasteiger partial charge in [-0.1, -0.05) is 43.2 Å². The van der Waals surface area contributed by atoms with Crippen LogP contribution in [0.15, 0.2) is 59.4 Å². The molecule has 1 heterocycles. The Morgan fingerprint density at radius 3 is 2.58 bits per heavy atom. The molecule has 3 rings (SSSR count). The van der Waals surface area contributed by atoms with Crippen LogP contribution in [0.5, 0.6) is 0 Å². The van der Waals surface area contributed by atoms with Crippen LogP contribution in [0.1, 0.15) is 41.3 Å². The van der Waals surface area contributed by atoms with Crippen molar-refractivity contribution in [3.05, 3.63) is 81.6 Å². The lowest BCUT2D eigenvalue weighted by atomic mass is 10.1. The molecule has 4 nitrogen and oxygen atoms in total. The summed E-state index contributed by atoms with van der Waals surface area (Å²) in [6, 6.07) is 17.1. The van der Waals surface area contributed by atoms with E-state index in [9.17, 15) is 9.59 Å². The number of fused-ring (bicyclic) bond motifs is 1. The molecule has 0 bridgehead atoms. The number of hydrogen-bond acceptors (Lipinski definition) is 2. The predicted molar refractivity (Wildman–Crippen MR) is 105 cm³/mol. The fourth-order valence-corrected chi connectivity index (χ4v) is 3.06. The van der Waals surface area contributed by atoms with Gasteiger partial charge in [-0.25, -0.2) is 0 Å². The fraction of sp³-hybridized carbons (Fsp3) is 0.273. The molecule has 0 aliphatic rings. The maximum Gasteiger partial charge on any atom is 0.254 e. The van der Waals surface area contributed by atoms with E-state index in [0.29, 0.717) is 24.2 Å². The topological polar surface area (TPSA) is 53.2 Å². The minimum atomic E-state index is -0.135. The second kappa shape index (κ2) is 8.00. The first-order valence-corrected chi connectivity index (χ1v) is 9.05. The Morgan fingerprint density at radius 1 is 1.08 bits per heavy atom. The molecule has 4 heteroatoms. The highest BCUT2D eigenvalue weighted by molar-refractivity contribution is 5.94. The average molecular weight is 348 g/mol. The van der Waals surface area contributed by atoms with Gasteiger partial charge in [-0.3, -0.25) is 9.59 Å². The monoisotopic (exact) mass is 348 g/mol. The number of aromatic nitrogens is 1. The van der Waals surface area contributed by atoms with Gasteiger partial charge < -0.3 is 9.88 Å². The number of carbonyl (C=O) groups excluding carboxylic acids is 1. The zero-order valence-electron chi connectivity index (χ0n) is 15.3. The van der Waals surface area contributed by atoms with Gasteiger partial charge in [0.05, 0.1) is 6.54 Å². The van der Waals surface area contributed by atoms with Gasteiger partial charge >= 0.3 is 0 Å². The van der Waals surface area contributed by atoms with Crippen LogP contribution in [-0.2, 0) is 6.54 Å². The molecule has 1 amide bonds. The lowest BCUT2D eigenvalue weighted by Gasteiger charge is -2.22. The van der Waals surface area contributed by atoms with E-state index in [2.05, 4.69) is 11.9 Å². The van der Waals surface area contributed by atoms with E-state index in [1.807, 2.05) is 61.5 Å². The standard InChI is InChI=1S/C22H24N2O2/c1-3-4-12-24(22(26)17-8-6-5-7-9-17)15-19-14-18-13-16(2)10-11-20(18)23-21(19)25/h5-11,13-14H,3-4,12,15H2,1-2H3,(H,23,25). The van der Waals surface area contributed by atoms with Crippen molar-refractivity contribution in [3.63, 3.8) is 0 Å². The van der Waals surface area contributed by atoms with Crippen LogP contribution in [0.2, 0.25) is 0 Å². The minimum absolute atomic E-state index is 0.0391. The first-order chi connectivity index (χ1) is 12.6. The normalized spacial score (nSPS) is 10.8. The van der Waals surface area contributed by atoms with E-state index in [4.69, 9.17) is 0 Å². The maximum absolute atomic E-state index is 12.9.